The maximum Gasteiger partial charge on any atom is 0.330 e. The van der Waals surface area contributed by atoms with Crippen LogP contribution in [0.4, 0.5) is 0 Å². The zero-order valence-corrected chi connectivity index (χ0v) is 12.5. The summed E-state index contributed by atoms with van der Waals surface area (Å²) < 4.78 is 4.92. The van der Waals surface area contributed by atoms with Gasteiger partial charge in [0.1, 0.15) is 0 Å². The van der Waals surface area contributed by atoms with Crippen LogP contribution < -0.4 is 0 Å². The Kier molecular flexibility index (Phi) is 14.2. The van der Waals surface area contributed by atoms with E-state index in [1.165, 1.54) is 51.0 Å². The van der Waals surface area contributed by atoms with E-state index in [9.17, 15) is 4.79 Å². The fourth-order valence-corrected chi connectivity index (χ4v) is 1.94. The molecular formula is C17H30O2. The highest BCUT2D eigenvalue weighted by Gasteiger charge is 1.95. The second-order valence-electron chi connectivity index (χ2n) is 4.87. The minimum Gasteiger partial charge on any atom is -0.463 e. The Bertz CT molecular complexity index is 244. The highest BCUT2D eigenvalue weighted by atomic mass is 16.5. The molecule has 19 heavy (non-hydrogen) atoms. The first-order valence-corrected chi connectivity index (χ1v) is 7.75. The molecule has 2 heteroatoms. The molecule has 0 aromatic carbocycles. The van der Waals surface area contributed by atoms with Gasteiger partial charge in [0.25, 0.3) is 0 Å². The topological polar surface area (TPSA) is 26.3 Å². The van der Waals surface area contributed by atoms with Gasteiger partial charge >= 0.3 is 5.97 Å². The van der Waals surface area contributed by atoms with Gasteiger partial charge in [-0.15, -0.1) is 0 Å². The Morgan fingerprint density at radius 2 is 1.53 bits per heavy atom. The molecule has 0 aliphatic heterocycles. The van der Waals surface area contributed by atoms with Gasteiger partial charge in [0.05, 0.1) is 6.61 Å². The number of hydrogen-bond donors (Lipinski definition) is 0. The second kappa shape index (κ2) is 15.0. The van der Waals surface area contributed by atoms with E-state index in [4.69, 9.17) is 4.74 Å². The monoisotopic (exact) mass is 266 g/mol. The van der Waals surface area contributed by atoms with E-state index in [1.54, 1.807) is 0 Å². The molecule has 0 aromatic rings. The minimum absolute atomic E-state index is 0.308. The van der Waals surface area contributed by atoms with Gasteiger partial charge in [-0.25, -0.2) is 4.79 Å². The first-order chi connectivity index (χ1) is 9.31. The van der Waals surface area contributed by atoms with Crippen LogP contribution in [0.25, 0.3) is 0 Å². The number of carbonyl (C=O) groups excluding carboxylic acids is 1. The van der Waals surface area contributed by atoms with Crippen molar-refractivity contribution in [1.82, 2.24) is 0 Å². The quantitative estimate of drug-likeness (QED) is 0.198. The predicted molar refractivity (Wildman–Crippen MR) is 82.1 cm³/mol. The normalized spacial score (nSPS) is 10.8. The summed E-state index contributed by atoms with van der Waals surface area (Å²) in [6, 6.07) is 0. The summed E-state index contributed by atoms with van der Waals surface area (Å²) >= 11 is 0. The molecule has 0 saturated heterocycles. The third-order valence-electron chi connectivity index (χ3n) is 3.08. The average molecular weight is 266 g/mol. The molecule has 0 amide bonds. The highest BCUT2D eigenvalue weighted by molar-refractivity contribution is 5.81. The number of rotatable bonds is 13. The number of esters is 1. The average Bonchev–Trinajstić information content (AvgIpc) is 2.43. The molecule has 2 nitrogen and oxygen atoms in total. The molecule has 0 N–H and O–H groups in total. The van der Waals surface area contributed by atoms with Crippen LogP contribution in [0.3, 0.4) is 0 Å². The second-order valence-corrected chi connectivity index (χ2v) is 4.87. The molecule has 110 valence electrons. The van der Waals surface area contributed by atoms with Crippen LogP contribution in [0.5, 0.6) is 0 Å². The summed E-state index contributed by atoms with van der Waals surface area (Å²) in [5.41, 5.74) is 0. The molecule has 0 fully saturated rings. The number of allylic oxidation sites excluding steroid dienone is 2. The maximum absolute atomic E-state index is 10.8. The smallest absolute Gasteiger partial charge is 0.330 e. The van der Waals surface area contributed by atoms with Crippen molar-refractivity contribution in [2.24, 2.45) is 0 Å². The van der Waals surface area contributed by atoms with Crippen LogP contribution in [0.2, 0.25) is 0 Å². The molecule has 0 heterocycles. The fourth-order valence-electron chi connectivity index (χ4n) is 1.94. The van der Waals surface area contributed by atoms with Crippen LogP contribution in [0.15, 0.2) is 24.8 Å². The maximum atomic E-state index is 10.8. The van der Waals surface area contributed by atoms with Crippen LogP contribution >= 0.6 is 0 Å². The molecule has 0 aliphatic rings. The largest absolute Gasteiger partial charge is 0.463 e. The van der Waals surface area contributed by atoms with Gasteiger partial charge in [-0.3, -0.25) is 0 Å². The van der Waals surface area contributed by atoms with Crippen molar-refractivity contribution in [3.05, 3.63) is 24.8 Å². The van der Waals surface area contributed by atoms with E-state index in [1.807, 2.05) is 0 Å². The number of ether oxygens (including phenoxy) is 1. The zero-order valence-electron chi connectivity index (χ0n) is 12.5. The lowest BCUT2D eigenvalue weighted by Gasteiger charge is -2.02. The third kappa shape index (κ3) is 14.9. The molecule has 0 spiro atoms. The zero-order chi connectivity index (χ0) is 14.2. The number of hydrogen-bond acceptors (Lipinski definition) is 2. The molecule has 0 aromatic heterocycles. The highest BCUT2D eigenvalue weighted by Crippen LogP contribution is 2.10. The van der Waals surface area contributed by atoms with Crippen LogP contribution in [-0.4, -0.2) is 12.6 Å². The lowest BCUT2D eigenvalue weighted by atomic mass is 10.1. The van der Waals surface area contributed by atoms with Crippen molar-refractivity contribution < 1.29 is 9.53 Å². The Morgan fingerprint density at radius 3 is 2.11 bits per heavy atom. The van der Waals surface area contributed by atoms with Gasteiger partial charge in [-0.2, -0.15) is 0 Å². The van der Waals surface area contributed by atoms with Crippen LogP contribution in [0, 0.1) is 0 Å². The van der Waals surface area contributed by atoms with Gasteiger partial charge in [0, 0.05) is 6.08 Å². The number of unbranched alkanes of at least 4 members (excludes halogenated alkanes) is 8. The summed E-state index contributed by atoms with van der Waals surface area (Å²) in [6.45, 7) is 6.07. The molecular weight excluding hydrogens is 236 g/mol. The standard InChI is InChI=1S/C17H30O2/c1-3-5-6-7-8-9-10-11-12-13-14-15-16-19-17(18)4-2/h4-6H,2-3,7-16H2,1H3/b6-5-. The van der Waals surface area contributed by atoms with Gasteiger partial charge < -0.3 is 4.74 Å². The molecule has 0 unspecified atom stereocenters. The first-order valence-electron chi connectivity index (χ1n) is 7.75. The Labute approximate surface area is 118 Å². The Morgan fingerprint density at radius 1 is 0.947 bits per heavy atom. The van der Waals surface area contributed by atoms with E-state index >= 15 is 0 Å². The first kappa shape index (κ1) is 17.9. The van der Waals surface area contributed by atoms with Gasteiger partial charge in [0.15, 0.2) is 0 Å². The van der Waals surface area contributed by atoms with Crippen molar-refractivity contribution in [1.29, 1.82) is 0 Å². The van der Waals surface area contributed by atoms with Gasteiger partial charge in [-0.1, -0.05) is 64.2 Å². The van der Waals surface area contributed by atoms with E-state index in [2.05, 4.69) is 25.7 Å². The van der Waals surface area contributed by atoms with Crippen LogP contribution in [0.1, 0.15) is 71.1 Å². The predicted octanol–water partition coefficient (Wildman–Crippen LogP) is 5.19. The van der Waals surface area contributed by atoms with Crippen molar-refractivity contribution >= 4 is 5.97 Å². The van der Waals surface area contributed by atoms with E-state index in [0.29, 0.717) is 6.61 Å². The molecule has 0 atom stereocenters. The van der Waals surface area contributed by atoms with Crippen molar-refractivity contribution in [2.75, 3.05) is 6.61 Å². The van der Waals surface area contributed by atoms with E-state index < -0.39 is 0 Å². The fraction of sp³-hybridized carbons (Fsp3) is 0.706. The Balaban J connectivity index is 3.04. The summed E-state index contributed by atoms with van der Waals surface area (Å²) in [5, 5.41) is 0. The molecule has 0 saturated carbocycles. The lowest BCUT2D eigenvalue weighted by Crippen LogP contribution is -2.01. The molecule has 0 radical (unpaired) electrons. The molecule has 0 rings (SSSR count). The van der Waals surface area contributed by atoms with Gasteiger partial charge in [-0.05, 0) is 25.7 Å². The van der Waals surface area contributed by atoms with Crippen molar-refractivity contribution in [2.45, 2.75) is 71.1 Å². The van der Waals surface area contributed by atoms with Crippen LogP contribution in [-0.2, 0) is 9.53 Å². The SMILES string of the molecule is C=CC(=O)OCCCCCCCCCC/C=C\CC. The summed E-state index contributed by atoms with van der Waals surface area (Å²) in [5.74, 6) is -0.308. The van der Waals surface area contributed by atoms with Gasteiger partial charge in [0.2, 0.25) is 0 Å². The summed E-state index contributed by atoms with van der Waals surface area (Å²) in [7, 11) is 0. The Hall–Kier alpha value is -1.05. The van der Waals surface area contributed by atoms with Crippen molar-refractivity contribution in [3.63, 3.8) is 0 Å². The molecule has 0 aliphatic carbocycles. The van der Waals surface area contributed by atoms with E-state index in [0.717, 1.165) is 19.3 Å². The summed E-state index contributed by atoms with van der Waals surface area (Å²) in [6.07, 6.45) is 18.2. The van der Waals surface area contributed by atoms with E-state index in [-0.39, 0.29) is 5.97 Å². The van der Waals surface area contributed by atoms with Crippen molar-refractivity contribution in [3.8, 4) is 0 Å². The lowest BCUT2D eigenvalue weighted by molar-refractivity contribution is -0.137. The third-order valence-corrected chi connectivity index (χ3v) is 3.08. The number of carbonyl (C=O) groups is 1. The minimum atomic E-state index is -0.308. The molecule has 0 bridgehead atoms. The summed E-state index contributed by atoms with van der Waals surface area (Å²) in [4.78, 5) is 10.8.